The number of carbonyl (C=O) groups is 2. The van der Waals surface area contributed by atoms with Gasteiger partial charge in [0.1, 0.15) is 5.75 Å². The SMILES string of the molecule is Cc1ccc(C)c(N2CCN(C(=O)c3cccc(N4C(=O)NC5CC4(C)Oc4ccccc45)c3)CC2)c1. The third kappa shape index (κ3) is 4.08. The number of benzene rings is 3. The van der Waals surface area contributed by atoms with Crippen molar-refractivity contribution < 1.29 is 14.3 Å². The van der Waals surface area contributed by atoms with Crippen LogP contribution in [0.2, 0.25) is 0 Å². The maximum atomic E-state index is 13.5. The van der Waals surface area contributed by atoms with E-state index in [2.05, 4.69) is 42.3 Å². The molecule has 3 amide bonds. The molecule has 2 fully saturated rings. The van der Waals surface area contributed by atoms with Crippen molar-refractivity contribution in [2.75, 3.05) is 36.0 Å². The van der Waals surface area contributed by atoms with Gasteiger partial charge < -0.3 is 19.9 Å². The van der Waals surface area contributed by atoms with Crippen LogP contribution in [0.3, 0.4) is 0 Å². The van der Waals surface area contributed by atoms with E-state index < -0.39 is 5.72 Å². The summed E-state index contributed by atoms with van der Waals surface area (Å²) in [7, 11) is 0. The highest BCUT2D eigenvalue weighted by Crippen LogP contribution is 2.45. The highest BCUT2D eigenvalue weighted by Gasteiger charge is 2.49. The third-order valence-corrected chi connectivity index (χ3v) is 7.80. The Bertz CT molecular complexity index is 1380. The van der Waals surface area contributed by atoms with E-state index in [1.54, 1.807) is 4.90 Å². The molecule has 3 aromatic carbocycles. The van der Waals surface area contributed by atoms with Crippen molar-refractivity contribution >= 4 is 23.3 Å². The van der Waals surface area contributed by atoms with Crippen molar-refractivity contribution in [1.82, 2.24) is 10.2 Å². The van der Waals surface area contributed by atoms with Crippen LogP contribution in [0.4, 0.5) is 16.2 Å². The van der Waals surface area contributed by atoms with Gasteiger partial charge in [0.05, 0.1) is 11.7 Å². The topological polar surface area (TPSA) is 65.1 Å². The van der Waals surface area contributed by atoms with Gasteiger partial charge in [-0.1, -0.05) is 36.4 Å². The number of anilines is 2. The molecular formula is C30H32N4O3. The van der Waals surface area contributed by atoms with Crippen molar-refractivity contribution in [3.05, 3.63) is 89.0 Å². The van der Waals surface area contributed by atoms with Gasteiger partial charge in [-0.05, 0) is 62.2 Å². The lowest BCUT2D eigenvalue weighted by Crippen LogP contribution is -2.65. The van der Waals surface area contributed by atoms with Crippen LogP contribution in [0.25, 0.3) is 0 Å². The monoisotopic (exact) mass is 496 g/mol. The Morgan fingerprint density at radius 3 is 2.57 bits per heavy atom. The number of fused-ring (bicyclic) bond motifs is 4. The Morgan fingerprint density at radius 1 is 0.973 bits per heavy atom. The Labute approximate surface area is 217 Å². The normalized spacial score (nSPS) is 22.7. The van der Waals surface area contributed by atoms with Crippen LogP contribution in [0.5, 0.6) is 5.75 Å². The molecule has 2 unspecified atom stereocenters. The molecule has 7 nitrogen and oxygen atoms in total. The predicted octanol–water partition coefficient (Wildman–Crippen LogP) is 5.04. The molecular weight excluding hydrogens is 464 g/mol. The lowest BCUT2D eigenvalue weighted by atomic mass is 9.90. The Balaban J connectivity index is 1.21. The van der Waals surface area contributed by atoms with Gasteiger partial charge in [-0.2, -0.15) is 0 Å². The second-order valence-electron chi connectivity index (χ2n) is 10.5. The molecule has 7 heteroatoms. The lowest BCUT2D eigenvalue weighted by Gasteiger charge is -2.50. The number of para-hydroxylation sites is 1. The summed E-state index contributed by atoms with van der Waals surface area (Å²) in [4.78, 5) is 32.7. The number of rotatable bonds is 3. The summed E-state index contributed by atoms with van der Waals surface area (Å²) in [5.41, 5.74) is 5.11. The summed E-state index contributed by atoms with van der Waals surface area (Å²) in [6, 6.07) is 21.4. The zero-order valence-electron chi connectivity index (χ0n) is 21.5. The minimum Gasteiger partial charge on any atom is -0.467 e. The minimum absolute atomic E-state index is 0.0159. The average molecular weight is 497 g/mol. The molecule has 3 aliphatic heterocycles. The van der Waals surface area contributed by atoms with E-state index in [9.17, 15) is 9.59 Å². The van der Waals surface area contributed by atoms with Gasteiger partial charge in [0.15, 0.2) is 5.72 Å². The lowest BCUT2D eigenvalue weighted by molar-refractivity contribution is 0.0378. The maximum absolute atomic E-state index is 13.5. The average Bonchev–Trinajstić information content (AvgIpc) is 2.89. The van der Waals surface area contributed by atoms with Crippen LogP contribution < -0.4 is 19.9 Å². The largest absolute Gasteiger partial charge is 0.467 e. The maximum Gasteiger partial charge on any atom is 0.325 e. The number of nitrogens with one attached hydrogen (secondary N) is 1. The first-order chi connectivity index (χ1) is 17.8. The van der Waals surface area contributed by atoms with Crippen molar-refractivity contribution in [2.24, 2.45) is 0 Å². The predicted molar refractivity (Wildman–Crippen MR) is 144 cm³/mol. The van der Waals surface area contributed by atoms with Gasteiger partial charge >= 0.3 is 6.03 Å². The fraction of sp³-hybridized carbons (Fsp3) is 0.333. The van der Waals surface area contributed by atoms with Crippen molar-refractivity contribution in [1.29, 1.82) is 0 Å². The van der Waals surface area contributed by atoms with E-state index >= 15 is 0 Å². The van der Waals surface area contributed by atoms with E-state index in [0.29, 0.717) is 30.8 Å². The summed E-state index contributed by atoms with van der Waals surface area (Å²) in [5.74, 6) is 0.762. The first-order valence-electron chi connectivity index (χ1n) is 12.9. The smallest absolute Gasteiger partial charge is 0.325 e. The van der Waals surface area contributed by atoms with E-state index in [4.69, 9.17) is 4.74 Å². The van der Waals surface area contributed by atoms with Gasteiger partial charge in [0.25, 0.3) is 5.91 Å². The molecule has 37 heavy (non-hydrogen) atoms. The first kappa shape index (κ1) is 23.4. The molecule has 0 saturated carbocycles. The van der Waals surface area contributed by atoms with Crippen LogP contribution >= 0.6 is 0 Å². The van der Waals surface area contributed by atoms with E-state index in [0.717, 1.165) is 24.4 Å². The van der Waals surface area contributed by atoms with E-state index in [1.165, 1.54) is 16.8 Å². The molecule has 0 aromatic heterocycles. The van der Waals surface area contributed by atoms with E-state index in [-0.39, 0.29) is 18.0 Å². The number of urea groups is 1. The Kier molecular flexibility index (Phi) is 5.59. The molecule has 3 aliphatic rings. The van der Waals surface area contributed by atoms with Gasteiger partial charge in [0, 0.05) is 49.4 Å². The standard InChI is InChI=1S/C30H32N4O3/c1-20-11-12-21(2)26(17-20)32-13-15-33(16-14-32)28(35)22-7-6-8-23(18-22)34-29(36)31-25-19-30(34,3)37-27-10-5-4-9-24(25)27/h4-12,17-18,25H,13-16,19H2,1-3H3,(H,31,36). The Morgan fingerprint density at radius 2 is 1.76 bits per heavy atom. The Hall–Kier alpha value is -4.00. The summed E-state index contributed by atoms with van der Waals surface area (Å²) in [6.07, 6.45) is 0.619. The van der Waals surface area contributed by atoms with Gasteiger partial charge in [-0.25, -0.2) is 4.79 Å². The number of ether oxygens (including phenoxy) is 1. The number of piperazine rings is 1. The zero-order valence-corrected chi connectivity index (χ0v) is 21.5. The number of nitrogens with zero attached hydrogens (tertiary/aromatic N) is 3. The molecule has 0 spiro atoms. The molecule has 2 bridgehead atoms. The van der Waals surface area contributed by atoms with Gasteiger partial charge in [0.2, 0.25) is 0 Å². The summed E-state index contributed by atoms with van der Waals surface area (Å²) < 4.78 is 6.38. The summed E-state index contributed by atoms with van der Waals surface area (Å²) in [5, 5.41) is 3.12. The highest BCUT2D eigenvalue weighted by molar-refractivity contribution is 5.99. The molecule has 3 aromatic rings. The van der Waals surface area contributed by atoms with Gasteiger partial charge in [-0.3, -0.25) is 9.69 Å². The van der Waals surface area contributed by atoms with Crippen LogP contribution in [0.1, 0.15) is 46.4 Å². The number of hydrogen-bond acceptors (Lipinski definition) is 4. The molecule has 2 atom stereocenters. The minimum atomic E-state index is -0.847. The van der Waals surface area contributed by atoms with Crippen LogP contribution in [0, 0.1) is 13.8 Å². The second kappa shape index (κ2) is 8.83. The van der Waals surface area contributed by atoms with Crippen molar-refractivity contribution in [3.63, 3.8) is 0 Å². The quantitative estimate of drug-likeness (QED) is 0.552. The van der Waals surface area contributed by atoms with E-state index in [1.807, 2.05) is 60.4 Å². The first-order valence-corrected chi connectivity index (χ1v) is 12.9. The molecule has 0 radical (unpaired) electrons. The fourth-order valence-electron chi connectivity index (χ4n) is 5.88. The molecule has 0 aliphatic carbocycles. The number of amides is 3. The van der Waals surface area contributed by atoms with Gasteiger partial charge in [-0.15, -0.1) is 0 Å². The summed E-state index contributed by atoms with van der Waals surface area (Å²) >= 11 is 0. The fourth-order valence-corrected chi connectivity index (χ4v) is 5.88. The van der Waals surface area contributed by atoms with Crippen LogP contribution in [0.15, 0.2) is 66.7 Å². The highest BCUT2D eigenvalue weighted by atomic mass is 16.5. The molecule has 6 rings (SSSR count). The van der Waals surface area contributed by atoms with Crippen molar-refractivity contribution in [3.8, 4) is 5.75 Å². The number of aryl methyl sites for hydroxylation is 2. The molecule has 3 heterocycles. The molecule has 1 N–H and O–H groups in total. The van der Waals surface area contributed by atoms with Crippen LogP contribution in [-0.2, 0) is 0 Å². The summed E-state index contributed by atoms with van der Waals surface area (Å²) in [6.45, 7) is 9.06. The molecule has 2 saturated heterocycles. The van der Waals surface area contributed by atoms with Crippen LogP contribution in [-0.4, -0.2) is 48.7 Å². The zero-order chi connectivity index (χ0) is 25.7. The molecule has 190 valence electrons. The van der Waals surface area contributed by atoms with Crippen molar-refractivity contribution in [2.45, 2.75) is 39.0 Å². The number of carbonyl (C=O) groups excluding carboxylic acids is 2. The third-order valence-electron chi connectivity index (χ3n) is 7.80. The number of hydrogen-bond donors (Lipinski definition) is 1. The second-order valence-corrected chi connectivity index (χ2v) is 10.5.